The Balaban J connectivity index is 1.48. The van der Waals surface area contributed by atoms with Crippen LogP contribution in [0.15, 0.2) is 47.3 Å². The molecule has 0 spiro atoms. The summed E-state index contributed by atoms with van der Waals surface area (Å²) in [5.74, 6) is -1.20. The van der Waals surface area contributed by atoms with E-state index >= 15 is 0 Å². The highest BCUT2D eigenvalue weighted by Gasteiger charge is 2.35. The quantitative estimate of drug-likeness (QED) is 0.596. The van der Waals surface area contributed by atoms with Crippen molar-refractivity contribution in [1.82, 2.24) is 9.97 Å². The van der Waals surface area contributed by atoms with Crippen LogP contribution in [0.4, 0.5) is 17.5 Å². The Kier molecular flexibility index (Phi) is 4.87. The van der Waals surface area contributed by atoms with Crippen LogP contribution in [0.5, 0.6) is 0 Å². The molecule has 2 amide bonds. The maximum absolute atomic E-state index is 13.2. The van der Waals surface area contributed by atoms with Crippen LogP contribution < -0.4 is 21.1 Å². The number of aromatic amines is 1. The molecule has 2 aromatic carbocycles. The lowest BCUT2D eigenvalue weighted by atomic mass is 9.92. The molecule has 0 unspecified atom stereocenters. The summed E-state index contributed by atoms with van der Waals surface area (Å²) in [6.07, 6.45) is -0.120. The van der Waals surface area contributed by atoms with E-state index < -0.39 is 17.4 Å². The number of rotatable bonds is 3. The fraction of sp³-hybridized carbons (Fsp3) is 0.273. The molecule has 0 aliphatic carbocycles. The molecule has 1 atom stereocenters. The van der Waals surface area contributed by atoms with Crippen LogP contribution in [-0.4, -0.2) is 48.1 Å². The first-order valence-electron chi connectivity index (χ1n) is 10.2. The van der Waals surface area contributed by atoms with Gasteiger partial charge in [-0.15, -0.1) is 0 Å². The number of nitrogens with one attached hydrogen (secondary N) is 3. The second-order valence-electron chi connectivity index (χ2n) is 7.57. The Bertz CT molecular complexity index is 1230. The van der Waals surface area contributed by atoms with Gasteiger partial charge < -0.3 is 20.3 Å². The second-order valence-corrected chi connectivity index (χ2v) is 7.57. The van der Waals surface area contributed by atoms with Gasteiger partial charge in [0.05, 0.1) is 24.7 Å². The highest BCUT2D eigenvalue weighted by Crippen LogP contribution is 2.31. The van der Waals surface area contributed by atoms with Gasteiger partial charge in [-0.2, -0.15) is 4.98 Å². The summed E-state index contributed by atoms with van der Waals surface area (Å²) in [6, 6.07) is 13.3. The predicted molar refractivity (Wildman–Crippen MR) is 116 cm³/mol. The van der Waals surface area contributed by atoms with Crippen molar-refractivity contribution in [3.63, 3.8) is 0 Å². The van der Waals surface area contributed by atoms with E-state index in [0.29, 0.717) is 37.9 Å². The first-order chi connectivity index (χ1) is 15.1. The summed E-state index contributed by atoms with van der Waals surface area (Å²) in [5, 5.41) is 7.41. The van der Waals surface area contributed by atoms with Crippen LogP contribution in [0.2, 0.25) is 0 Å². The first-order valence-corrected chi connectivity index (χ1v) is 10.2. The number of benzene rings is 2. The number of nitrogens with zero attached hydrogens (tertiary/aromatic N) is 2. The third kappa shape index (κ3) is 3.64. The fourth-order valence-corrected chi connectivity index (χ4v) is 4.06. The smallest absolute Gasteiger partial charge is 0.258 e. The fourth-order valence-electron chi connectivity index (χ4n) is 4.06. The van der Waals surface area contributed by atoms with Crippen LogP contribution in [0.1, 0.15) is 17.9 Å². The average molecular weight is 419 g/mol. The molecule has 9 heteroatoms. The minimum absolute atomic E-state index is 0.120. The van der Waals surface area contributed by atoms with Gasteiger partial charge in [0.2, 0.25) is 17.8 Å². The van der Waals surface area contributed by atoms with Crippen molar-refractivity contribution in [2.24, 2.45) is 0 Å². The van der Waals surface area contributed by atoms with Crippen molar-refractivity contribution in [1.29, 1.82) is 0 Å². The van der Waals surface area contributed by atoms with Crippen molar-refractivity contribution >= 4 is 40.0 Å². The molecule has 9 nitrogen and oxygen atoms in total. The lowest BCUT2D eigenvalue weighted by Crippen LogP contribution is -2.41. The van der Waals surface area contributed by atoms with Gasteiger partial charge in [0, 0.05) is 30.6 Å². The third-order valence-electron chi connectivity index (χ3n) is 5.61. The summed E-state index contributed by atoms with van der Waals surface area (Å²) in [6.45, 7) is 2.23. The highest BCUT2D eigenvalue weighted by molar-refractivity contribution is 6.08. The number of ether oxygens (including phenoxy) is 1. The Morgan fingerprint density at radius 3 is 2.71 bits per heavy atom. The number of H-pyrrole nitrogens is 1. The van der Waals surface area contributed by atoms with E-state index in [1.54, 1.807) is 6.07 Å². The average Bonchev–Trinajstić information content (AvgIpc) is 2.79. The topological polar surface area (TPSA) is 116 Å². The van der Waals surface area contributed by atoms with E-state index in [2.05, 4.69) is 20.6 Å². The molecule has 1 aromatic heterocycles. The Morgan fingerprint density at radius 1 is 1.10 bits per heavy atom. The first kappa shape index (κ1) is 19.3. The molecule has 1 fully saturated rings. The molecule has 0 saturated carbocycles. The molecular weight excluding hydrogens is 398 g/mol. The monoisotopic (exact) mass is 419 g/mol. The number of hydrogen-bond acceptors (Lipinski definition) is 6. The molecule has 2 aliphatic rings. The van der Waals surface area contributed by atoms with E-state index in [-0.39, 0.29) is 23.7 Å². The van der Waals surface area contributed by atoms with Crippen molar-refractivity contribution in [3.8, 4) is 0 Å². The van der Waals surface area contributed by atoms with Crippen LogP contribution in [0, 0.1) is 0 Å². The van der Waals surface area contributed by atoms with Gasteiger partial charge in [-0.1, -0.05) is 36.4 Å². The van der Waals surface area contributed by atoms with Gasteiger partial charge in [-0.05, 0) is 11.5 Å². The van der Waals surface area contributed by atoms with Gasteiger partial charge in [0.15, 0.2) is 0 Å². The molecule has 3 aromatic rings. The van der Waals surface area contributed by atoms with Gasteiger partial charge in [-0.3, -0.25) is 19.4 Å². The molecule has 2 aliphatic heterocycles. The number of aromatic nitrogens is 2. The molecule has 3 heterocycles. The molecular formula is C22H21N5O4. The van der Waals surface area contributed by atoms with Gasteiger partial charge in [-0.25, -0.2) is 0 Å². The van der Waals surface area contributed by atoms with E-state index in [1.165, 1.54) is 0 Å². The maximum atomic E-state index is 13.2. The number of amides is 2. The number of carbonyl (C=O) groups excluding carboxylic acids is 2. The summed E-state index contributed by atoms with van der Waals surface area (Å²) >= 11 is 0. The number of fused-ring (bicyclic) bond motifs is 2. The van der Waals surface area contributed by atoms with Crippen LogP contribution in [-0.2, 0) is 14.3 Å². The lowest BCUT2D eigenvalue weighted by Gasteiger charge is -2.29. The van der Waals surface area contributed by atoms with Crippen LogP contribution >= 0.6 is 0 Å². The standard InChI is InChI=1S/C22H21N5O4/c28-17-12-15(20(29)23-16-7-3-5-13-4-1-2-6-14(13)16)18-19(24-17)25-22(26-21(18)30)27-8-10-31-11-9-27/h1-7,15H,8-12H2,(H,23,29)(H2,24,25,26,28,30)/t15-/m0/s1. The predicted octanol–water partition coefficient (Wildman–Crippen LogP) is 1.82. The second kappa shape index (κ2) is 7.84. The van der Waals surface area contributed by atoms with Gasteiger partial charge in [0.1, 0.15) is 5.82 Å². The van der Waals surface area contributed by atoms with E-state index in [1.807, 2.05) is 41.3 Å². The SMILES string of the molecule is O=C1C[C@H](C(=O)Nc2cccc3ccccc23)c2c(nc(N3CCOCC3)[nH]c2=O)N1. The maximum Gasteiger partial charge on any atom is 0.258 e. The van der Waals surface area contributed by atoms with Crippen LogP contribution in [0.3, 0.4) is 0 Å². The minimum Gasteiger partial charge on any atom is -0.378 e. The number of anilines is 3. The molecule has 158 valence electrons. The van der Waals surface area contributed by atoms with Crippen molar-refractivity contribution < 1.29 is 14.3 Å². The van der Waals surface area contributed by atoms with Crippen molar-refractivity contribution in [2.45, 2.75) is 12.3 Å². The normalized spacial score (nSPS) is 18.4. The van der Waals surface area contributed by atoms with E-state index in [9.17, 15) is 14.4 Å². The zero-order valence-corrected chi connectivity index (χ0v) is 16.7. The van der Waals surface area contributed by atoms with Gasteiger partial charge >= 0.3 is 0 Å². The molecule has 0 radical (unpaired) electrons. The van der Waals surface area contributed by atoms with Crippen molar-refractivity contribution in [3.05, 3.63) is 58.4 Å². The van der Waals surface area contributed by atoms with Gasteiger partial charge in [0.25, 0.3) is 5.56 Å². The summed E-state index contributed by atoms with van der Waals surface area (Å²) in [7, 11) is 0. The molecule has 5 rings (SSSR count). The minimum atomic E-state index is -0.933. The van der Waals surface area contributed by atoms with Crippen LogP contribution in [0.25, 0.3) is 10.8 Å². The Labute approximate surface area is 177 Å². The summed E-state index contributed by atoms with van der Waals surface area (Å²) in [4.78, 5) is 47.5. The zero-order chi connectivity index (χ0) is 21.4. The Morgan fingerprint density at radius 2 is 1.87 bits per heavy atom. The number of carbonyl (C=O) groups is 2. The van der Waals surface area contributed by atoms with E-state index in [0.717, 1.165) is 10.8 Å². The molecule has 0 bridgehead atoms. The summed E-state index contributed by atoms with van der Waals surface area (Å²) < 4.78 is 5.33. The largest absolute Gasteiger partial charge is 0.378 e. The molecule has 1 saturated heterocycles. The zero-order valence-electron chi connectivity index (χ0n) is 16.7. The third-order valence-corrected chi connectivity index (χ3v) is 5.61. The lowest BCUT2D eigenvalue weighted by molar-refractivity contribution is -0.123. The van der Waals surface area contributed by atoms with Crippen molar-refractivity contribution in [2.75, 3.05) is 41.8 Å². The molecule has 31 heavy (non-hydrogen) atoms. The number of morpholine rings is 1. The summed E-state index contributed by atoms with van der Waals surface area (Å²) in [5.41, 5.74) is 0.379. The number of hydrogen-bond donors (Lipinski definition) is 3. The van der Waals surface area contributed by atoms with E-state index in [4.69, 9.17) is 4.74 Å². The highest BCUT2D eigenvalue weighted by atomic mass is 16.5. The Hall–Kier alpha value is -3.72. The molecule has 3 N–H and O–H groups in total.